The second-order valence-corrected chi connectivity index (χ2v) is 10.3. The van der Waals surface area contributed by atoms with E-state index in [0.29, 0.717) is 50.1 Å². The Morgan fingerprint density at radius 1 is 1.05 bits per heavy atom. The third-order valence-electron chi connectivity index (χ3n) is 7.26. The van der Waals surface area contributed by atoms with E-state index in [0.717, 1.165) is 18.4 Å². The average molecular weight is 570 g/mol. The molecule has 12 heteroatoms. The molecule has 2 N–H and O–H groups in total. The third-order valence-corrected chi connectivity index (χ3v) is 7.26. The van der Waals surface area contributed by atoms with E-state index < -0.39 is 12.0 Å². The standard InChI is InChI=1S/C29H43N7O5/c1-7-34(8-2)27-30-19-24(36(9-3)28(39)33(6)20(4)5)25(32-27)31-23(26(37)38)18-21-12-14-22(15-13-21)41-29(40)35-16-10-11-17-35/h12-15,19-20,23H,7-11,16-18H2,1-6H3,(H,37,38)(H,30,31,32). The number of benzene rings is 1. The van der Waals surface area contributed by atoms with Crippen molar-refractivity contribution < 1.29 is 24.2 Å². The van der Waals surface area contributed by atoms with E-state index in [4.69, 9.17) is 4.74 Å². The normalized spacial score (nSPS) is 13.6. The summed E-state index contributed by atoms with van der Waals surface area (Å²) in [7, 11) is 1.72. The maximum absolute atomic E-state index is 13.3. The average Bonchev–Trinajstić information content (AvgIpc) is 3.50. The highest BCUT2D eigenvalue weighted by Crippen LogP contribution is 2.28. The first kappa shape index (κ1) is 31.4. The Balaban J connectivity index is 1.87. The minimum Gasteiger partial charge on any atom is -0.480 e. The van der Waals surface area contributed by atoms with Crippen LogP contribution in [0.5, 0.6) is 5.75 Å². The quantitative estimate of drug-likeness (QED) is 0.384. The van der Waals surface area contributed by atoms with Gasteiger partial charge in [-0.25, -0.2) is 19.4 Å². The van der Waals surface area contributed by atoms with Crippen molar-refractivity contribution in [3.05, 3.63) is 36.0 Å². The molecule has 0 saturated carbocycles. The summed E-state index contributed by atoms with van der Waals surface area (Å²) in [5.74, 6) is 0.0315. The number of likely N-dealkylation sites (tertiary alicyclic amines) is 1. The van der Waals surface area contributed by atoms with Crippen molar-refractivity contribution >= 4 is 35.5 Å². The van der Waals surface area contributed by atoms with Gasteiger partial charge in [0.1, 0.15) is 17.5 Å². The number of nitrogens with zero attached hydrogens (tertiary/aromatic N) is 6. The highest BCUT2D eigenvalue weighted by atomic mass is 16.6. The fourth-order valence-corrected chi connectivity index (χ4v) is 4.51. The van der Waals surface area contributed by atoms with Crippen LogP contribution in [-0.4, -0.2) is 94.8 Å². The smallest absolute Gasteiger partial charge is 0.415 e. The summed E-state index contributed by atoms with van der Waals surface area (Å²) in [5, 5.41) is 13.2. The van der Waals surface area contributed by atoms with Gasteiger partial charge in [0.25, 0.3) is 0 Å². The summed E-state index contributed by atoms with van der Waals surface area (Å²) < 4.78 is 5.46. The number of hydrogen-bond acceptors (Lipinski definition) is 8. The van der Waals surface area contributed by atoms with Crippen LogP contribution >= 0.6 is 0 Å². The van der Waals surface area contributed by atoms with Crippen LogP contribution in [0.25, 0.3) is 0 Å². The van der Waals surface area contributed by atoms with Crippen LogP contribution < -0.4 is 19.9 Å². The number of hydrogen-bond donors (Lipinski definition) is 2. The Kier molecular flexibility index (Phi) is 11.1. The lowest BCUT2D eigenvalue weighted by Gasteiger charge is -2.31. The minimum atomic E-state index is -1.07. The number of nitrogens with one attached hydrogen (secondary N) is 1. The van der Waals surface area contributed by atoms with Gasteiger partial charge in [0.15, 0.2) is 5.82 Å². The van der Waals surface area contributed by atoms with Crippen LogP contribution in [0, 0.1) is 0 Å². The number of carboxylic acids is 1. The van der Waals surface area contributed by atoms with Crippen LogP contribution in [-0.2, 0) is 11.2 Å². The Morgan fingerprint density at radius 2 is 1.68 bits per heavy atom. The number of urea groups is 1. The van der Waals surface area contributed by atoms with Crippen molar-refractivity contribution in [1.82, 2.24) is 19.8 Å². The van der Waals surface area contributed by atoms with E-state index in [9.17, 15) is 19.5 Å². The van der Waals surface area contributed by atoms with E-state index in [1.54, 1.807) is 47.3 Å². The number of aliphatic carboxylic acids is 1. The van der Waals surface area contributed by atoms with Crippen molar-refractivity contribution in [1.29, 1.82) is 0 Å². The van der Waals surface area contributed by atoms with Crippen molar-refractivity contribution in [2.45, 2.75) is 66.0 Å². The van der Waals surface area contributed by atoms with Crippen LogP contribution in [0.15, 0.2) is 30.5 Å². The van der Waals surface area contributed by atoms with E-state index in [-0.39, 0.29) is 30.4 Å². The van der Waals surface area contributed by atoms with E-state index in [2.05, 4.69) is 15.3 Å². The molecular formula is C29H43N7O5. The van der Waals surface area contributed by atoms with Gasteiger partial charge in [0.05, 0.1) is 6.20 Å². The number of anilines is 3. The van der Waals surface area contributed by atoms with Crippen molar-refractivity contribution in [3.63, 3.8) is 0 Å². The molecular weight excluding hydrogens is 526 g/mol. The number of aromatic nitrogens is 2. The Morgan fingerprint density at radius 3 is 2.22 bits per heavy atom. The van der Waals surface area contributed by atoms with E-state index >= 15 is 0 Å². The van der Waals surface area contributed by atoms with Crippen LogP contribution in [0.3, 0.4) is 0 Å². The minimum absolute atomic E-state index is 0.0341. The molecule has 3 amide bonds. The highest BCUT2D eigenvalue weighted by Gasteiger charge is 2.27. The lowest BCUT2D eigenvalue weighted by Crippen LogP contribution is -2.45. The fraction of sp³-hybridized carbons (Fsp3) is 0.552. The fourth-order valence-electron chi connectivity index (χ4n) is 4.51. The third kappa shape index (κ3) is 7.99. The summed E-state index contributed by atoms with van der Waals surface area (Å²) in [4.78, 5) is 54.0. The number of carbonyl (C=O) groups excluding carboxylic acids is 2. The van der Waals surface area contributed by atoms with Crippen LogP contribution in [0.1, 0.15) is 53.0 Å². The molecule has 1 aliphatic heterocycles. The van der Waals surface area contributed by atoms with Gasteiger partial charge in [-0.2, -0.15) is 4.98 Å². The molecule has 0 aliphatic carbocycles. The van der Waals surface area contributed by atoms with Gasteiger partial charge in [-0.15, -0.1) is 0 Å². The van der Waals surface area contributed by atoms with Crippen molar-refractivity contribution in [3.8, 4) is 5.75 Å². The van der Waals surface area contributed by atoms with E-state index in [1.807, 2.05) is 39.5 Å². The zero-order valence-electron chi connectivity index (χ0n) is 25.0. The molecule has 1 atom stereocenters. The molecule has 41 heavy (non-hydrogen) atoms. The Labute approximate surface area is 242 Å². The van der Waals surface area contributed by atoms with Crippen LogP contribution in [0.2, 0.25) is 0 Å². The number of carboxylic acid groups (broad SMARTS) is 1. The highest BCUT2D eigenvalue weighted by molar-refractivity contribution is 5.95. The maximum atomic E-state index is 13.3. The number of carbonyl (C=O) groups is 3. The zero-order valence-corrected chi connectivity index (χ0v) is 25.0. The predicted molar refractivity (Wildman–Crippen MR) is 159 cm³/mol. The predicted octanol–water partition coefficient (Wildman–Crippen LogP) is 4.31. The van der Waals surface area contributed by atoms with Gasteiger partial charge >= 0.3 is 18.1 Å². The lowest BCUT2D eigenvalue weighted by molar-refractivity contribution is -0.137. The molecule has 0 bridgehead atoms. The monoisotopic (exact) mass is 569 g/mol. The molecule has 1 aliphatic rings. The zero-order chi connectivity index (χ0) is 30.1. The summed E-state index contributed by atoms with van der Waals surface area (Å²) in [6.07, 6.45) is 3.27. The second kappa shape index (κ2) is 14.5. The number of amides is 3. The first-order valence-corrected chi connectivity index (χ1v) is 14.3. The molecule has 3 rings (SSSR count). The maximum Gasteiger partial charge on any atom is 0.415 e. The molecule has 224 valence electrons. The van der Waals surface area contributed by atoms with Gasteiger partial charge in [-0.05, 0) is 65.2 Å². The van der Waals surface area contributed by atoms with Gasteiger partial charge < -0.3 is 29.9 Å². The van der Waals surface area contributed by atoms with Gasteiger partial charge in [0, 0.05) is 52.2 Å². The first-order chi connectivity index (χ1) is 19.6. The molecule has 1 aromatic heterocycles. The molecule has 0 radical (unpaired) electrons. The topological polar surface area (TPSA) is 131 Å². The van der Waals surface area contributed by atoms with Gasteiger partial charge in [0.2, 0.25) is 5.95 Å². The van der Waals surface area contributed by atoms with Gasteiger partial charge in [-0.1, -0.05) is 12.1 Å². The molecule has 1 fully saturated rings. The molecule has 1 saturated heterocycles. The second-order valence-electron chi connectivity index (χ2n) is 10.3. The Hall–Kier alpha value is -4.09. The number of rotatable bonds is 12. The molecule has 12 nitrogen and oxygen atoms in total. The lowest BCUT2D eigenvalue weighted by atomic mass is 10.1. The SMILES string of the molecule is CCN(CC)c1ncc(N(CC)C(=O)N(C)C(C)C)c(NC(Cc2ccc(OC(=O)N3CCCC3)cc2)C(=O)O)n1. The summed E-state index contributed by atoms with van der Waals surface area (Å²) in [6, 6.07) is 5.48. The summed E-state index contributed by atoms with van der Waals surface area (Å²) in [5.41, 5.74) is 1.13. The molecule has 2 aromatic rings. The molecule has 1 unspecified atom stereocenters. The van der Waals surface area contributed by atoms with Crippen molar-refractivity contribution in [2.24, 2.45) is 0 Å². The van der Waals surface area contributed by atoms with Crippen LogP contribution in [0.4, 0.5) is 27.0 Å². The van der Waals surface area contributed by atoms with E-state index in [1.165, 1.54) is 4.90 Å². The van der Waals surface area contributed by atoms with Crippen molar-refractivity contribution in [2.75, 3.05) is 54.9 Å². The first-order valence-electron chi connectivity index (χ1n) is 14.3. The largest absolute Gasteiger partial charge is 0.480 e. The molecule has 1 aromatic carbocycles. The molecule has 2 heterocycles. The number of ether oxygens (including phenoxy) is 1. The van der Waals surface area contributed by atoms with Gasteiger partial charge in [-0.3, -0.25) is 4.90 Å². The summed E-state index contributed by atoms with van der Waals surface area (Å²) in [6.45, 7) is 12.7. The summed E-state index contributed by atoms with van der Waals surface area (Å²) >= 11 is 0. The Bertz CT molecular complexity index is 1180. The molecule has 0 spiro atoms.